The van der Waals surface area contributed by atoms with Crippen LogP contribution in [0.4, 0.5) is 0 Å². The Labute approximate surface area is 108 Å². The molecule has 0 aromatic heterocycles. The number of hydrogen-bond donors (Lipinski definition) is 2. The summed E-state index contributed by atoms with van der Waals surface area (Å²) in [5.41, 5.74) is 0.689. The van der Waals surface area contributed by atoms with Crippen LogP contribution in [0.3, 0.4) is 0 Å². The van der Waals surface area contributed by atoms with Crippen molar-refractivity contribution in [3.05, 3.63) is 29.8 Å². The molecule has 1 aliphatic carbocycles. The number of phenols is 1. The lowest BCUT2D eigenvalue weighted by molar-refractivity contribution is -0.121. The first kappa shape index (κ1) is 12.9. The van der Waals surface area contributed by atoms with E-state index in [9.17, 15) is 9.90 Å². The Morgan fingerprint density at radius 3 is 2.67 bits per heavy atom. The zero-order chi connectivity index (χ0) is 13.1. The molecular formula is C15H21NO2. The summed E-state index contributed by atoms with van der Waals surface area (Å²) >= 11 is 0. The molecule has 2 N–H and O–H groups in total. The van der Waals surface area contributed by atoms with Crippen LogP contribution in [0.5, 0.6) is 5.75 Å². The van der Waals surface area contributed by atoms with Gasteiger partial charge in [-0.1, -0.05) is 32.0 Å². The Balaban J connectivity index is 1.92. The first-order chi connectivity index (χ1) is 8.58. The highest BCUT2D eigenvalue weighted by atomic mass is 16.3. The molecule has 1 aromatic rings. The van der Waals surface area contributed by atoms with Gasteiger partial charge in [0.25, 0.3) is 0 Å². The molecule has 1 amide bonds. The summed E-state index contributed by atoms with van der Waals surface area (Å²) in [6, 6.07) is 7.29. The molecule has 0 heterocycles. The maximum atomic E-state index is 12.0. The van der Waals surface area contributed by atoms with Crippen molar-refractivity contribution < 1.29 is 9.90 Å². The maximum absolute atomic E-state index is 12.0. The fraction of sp³-hybridized carbons (Fsp3) is 0.533. The van der Waals surface area contributed by atoms with Crippen LogP contribution in [0.1, 0.15) is 32.3 Å². The molecular weight excluding hydrogens is 226 g/mol. The van der Waals surface area contributed by atoms with E-state index in [1.54, 1.807) is 18.2 Å². The van der Waals surface area contributed by atoms with E-state index in [0.29, 0.717) is 23.4 Å². The van der Waals surface area contributed by atoms with E-state index in [0.717, 1.165) is 6.42 Å². The van der Waals surface area contributed by atoms with Gasteiger partial charge in [0.05, 0.1) is 6.42 Å². The molecule has 3 unspecified atom stereocenters. The van der Waals surface area contributed by atoms with E-state index in [-0.39, 0.29) is 18.1 Å². The van der Waals surface area contributed by atoms with Crippen molar-refractivity contribution in [2.24, 2.45) is 11.8 Å². The van der Waals surface area contributed by atoms with E-state index in [4.69, 9.17) is 0 Å². The molecule has 98 valence electrons. The topological polar surface area (TPSA) is 49.3 Å². The quantitative estimate of drug-likeness (QED) is 0.862. The number of aromatic hydroxyl groups is 1. The number of carbonyl (C=O) groups excluding carboxylic acids is 1. The third-order valence-electron chi connectivity index (χ3n) is 4.15. The number of carbonyl (C=O) groups is 1. The predicted octanol–water partition coefficient (Wildman–Crippen LogP) is 2.49. The molecule has 0 bridgehead atoms. The summed E-state index contributed by atoms with van der Waals surface area (Å²) < 4.78 is 0. The van der Waals surface area contributed by atoms with Gasteiger partial charge in [-0.2, -0.15) is 0 Å². The summed E-state index contributed by atoms with van der Waals surface area (Å²) in [6.07, 6.45) is 2.50. The molecule has 2 rings (SSSR count). The SMILES string of the molecule is CC1CCC(NC(=O)Cc2ccccc2O)C1C. The molecule has 3 heteroatoms. The molecule has 1 aliphatic rings. The average Bonchev–Trinajstić information content (AvgIpc) is 2.64. The number of phenolic OH excluding ortho intramolecular Hbond substituents is 1. The molecule has 1 aromatic carbocycles. The van der Waals surface area contributed by atoms with Crippen molar-refractivity contribution in [2.75, 3.05) is 0 Å². The van der Waals surface area contributed by atoms with Gasteiger partial charge < -0.3 is 10.4 Å². The molecule has 0 radical (unpaired) electrons. The van der Waals surface area contributed by atoms with Gasteiger partial charge in [-0.25, -0.2) is 0 Å². The van der Waals surface area contributed by atoms with Crippen molar-refractivity contribution in [1.29, 1.82) is 0 Å². The summed E-state index contributed by atoms with van der Waals surface area (Å²) in [6.45, 7) is 4.43. The minimum atomic E-state index is 0.00227. The Bertz CT molecular complexity index is 430. The minimum absolute atomic E-state index is 0.00227. The molecule has 3 atom stereocenters. The molecule has 3 nitrogen and oxygen atoms in total. The lowest BCUT2D eigenvalue weighted by atomic mass is 9.97. The first-order valence-corrected chi connectivity index (χ1v) is 6.64. The van der Waals surface area contributed by atoms with Crippen molar-refractivity contribution in [1.82, 2.24) is 5.32 Å². The number of hydrogen-bond acceptors (Lipinski definition) is 2. The molecule has 1 fully saturated rings. The van der Waals surface area contributed by atoms with Crippen LogP contribution < -0.4 is 5.32 Å². The van der Waals surface area contributed by atoms with Crippen LogP contribution in [0.2, 0.25) is 0 Å². The zero-order valence-electron chi connectivity index (χ0n) is 11.0. The minimum Gasteiger partial charge on any atom is -0.508 e. The van der Waals surface area contributed by atoms with Gasteiger partial charge in [-0.05, 0) is 30.7 Å². The number of nitrogens with one attached hydrogen (secondary N) is 1. The van der Waals surface area contributed by atoms with E-state index >= 15 is 0 Å². The van der Waals surface area contributed by atoms with Gasteiger partial charge in [0.15, 0.2) is 0 Å². The third-order valence-corrected chi connectivity index (χ3v) is 4.15. The van der Waals surface area contributed by atoms with Crippen molar-refractivity contribution >= 4 is 5.91 Å². The van der Waals surface area contributed by atoms with Crippen LogP contribution in [0.25, 0.3) is 0 Å². The smallest absolute Gasteiger partial charge is 0.224 e. The Morgan fingerprint density at radius 2 is 2.06 bits per heavy atom. The highest BCUT2D eigenvalue weighted by Crippen LogP contribution is 2.31. The van der Waals surface area contributed by atoms with Crippen molar-refractivity contribution in [2.45, 2.75) is 39.2 Å². The van der Waals surface area contributed by atoms with Crippen LogP contribution in [0.15, 0.2) is 24.3 Å². The third kappa shape index (κ3) is 2.84. The maximum Gasteiger partial charge on any atom is 0.224 e. The fourth-order valence-electron chi connectivity index (χ4n) is 2.66. The van der Waals surface area contributed by atoms with Gasteiger partial charge in [0.1, 0.15) is 5.75 Å². The van der Waals surface area contributed by atoms with E-state index < -0.39 is 0 Å². The molecule has 1 saturated carbocycles. The summed E-state index contributed by atoms with van der Waals surface area (Å²) in [5, 5.41) is 12.7. The lowest BCUT2D eigenvalue weighted by Gasteiger charge is -2.19. The van der Waals surface area contributed by atoms with Crippen LogP contribution >= 0.6 is 0 Å². The van der Waals surface area contributed by atoms with Gasteiger partial charge in [-0.3, -0.25) is 4.79 Å². The standard InChI is InChI=1S/C15H21NO2/c1-10-7-8-13(11(10)2)16-15(18)9-12-5-3-4-6-14(12)17/h3-6,10-11,13,17H,7-9H2,1-2H3,(H,16,18). The molecule has 0 spiro atoms. The number of benzene rings is 1. The second-order valence-electron chi connectivity index (χ2n) is 5.39. The highest BCUT2D eigenvalue weighted by Gasteiger charge is 2.30. The fourth-order valence-corrected chi connectivity index (χ4v) is 2.66. The van der Waals surface area contributed by atoms with Gasteiger partial charge in [0.2, 0.25) is 5.91 Å². The molecule has 0 aliphatic heterocycles. The van der Waals surface area contributed by atoms with Crippen molar-refractivity contribution in [3.63, 3.8) is 0 Å². The van der Waals surface area contributed by atoms with E-state index in [2.05, 4.69) is 19.2 Å². The Kier molecular flexibility index (Phi) is 3.90. The van der Waals surface area contributed by atoms with Crippen LogP contribution in [-0.2, 0) is 11.2 Å². The van der Waals surface area contributed by atoms with Gasteiger partial charge >= 0.3 is 0 Å². The van der Waals surface area contributed by atoms with Crippen LogP contribution in [0, 0.1) is 11.8 Å². The Morgan fingerprint density at radius 1 is 1.33 bits per heavy atom. The normalized spacial score (nSPS) is 27.1. The summed E-state index contributed by atoms with van der Waals surface area (Å²) in [5.74, 6) is 1.42. The number of para-hydroxylation sites is 1. The second-order valence-corrected chi connectivity index (χ2v) is 5.39. The molecule has 18 heavy (non-hydrogen) atoms. The summed E-state index contributed by atoms with van der Waals surface area (Å²) in [4.78, 5) is 12.0. The number of rotatable bonds is 3. The van der Waals surface area contributed by atoms with E-state index in [1.807, 2.05) is 6.07 Å². The monoisotopic (exact) mass is 247 g/mol. The predicted molar refractivity (Wildman–Crippen MR) is 71.3 cm³/mol. The first-order valence-electron chi connectivity index (χ1n) is 6.64. The second kappa shape index (κ2) is 5.42. The van der Waals surface area contributed by atoms with Crippen LogP contribution in [-0.4, -0.2) is 17.1 Å². The summed E-state index contributed by atoms with van der Waals surface area (Å²) in [7, 11) is 0. The number of amides is 1. The van der Waals surface area contributed by atoms with Gasteiger partial charge in [0, 0.05) is 11.6 Å². The van der Waals surface area contributed by atoms with Gasteiger partial charge in [-0.15, -0.1) is 0 Å². The highest BCUT2D eigenvalue weighted by molar-refractivity contribution is 5.79. The Hall–Kier alpha value is -1.51. The largest absolute Gasteiger partial charge is 0.508 e. The van der Waals surface area contributed by atoms with E-state index in [1.165, 1.54) is 6.42 Å². The zero-order valence-corrected chi connectivity index (χ0v) is 11.0. The molecule has 0 saturated heterocycles. The lowest BCUT2D eigenvalue weighted by Crippen LogP contribution is -2.38. The average molecular weight is 247 g/mol. The van der Waals surface area contributed by atoms with Crippen molar-refractivity contribution in [3.8, 4) is 5.75 Å².